The molecule has 88 valence electrons. The number of amides is 1. The number of aromatic nitrogens is 2. The molecule has 2 rings (SSSR count). The molecule has 1 aliphatic rings. The molecule has 1 unspecified atom stereocenters. The molecule has 1 amide bonds. The largest absolute Gasteiger partial charge is 0.383 e. The van der Waals surface area contributed by atoms with E-state index in [2.05, 4.69) is 21.0 Å². The first-order valence-corrected chi connectivity index (χ1v) is 6.11. The fraction of sp³-hybridized carbons (Fsp3) is 0.600. The van der Waals surface area contributed by atoms with E-state index < -0.39 is 0 Å². The number of nitrogens with zero attached hydrogens (tertiary/aromatic N) is 3. The highest BCUT2D eigenvalue weighted by Gasteiger charge is 2.30. The van der Waals surface area contributed by atoms with Crippen molar-refractivity contribution in [3.8, 4) is 0 Å². The molecule has 1 aromatic heterocycles. The zero-order valence-electron chi connectivity index (χ0n) is 9.10. The monoisotopic (exact) mass is 287 g/mol. The molecule has 1 fully saturated rings. The van der Waals surface area contributed by atoms with Crippen molar-refractivity contribution in [1.29, 1.82) is 0 Å². The Balaban J connectivity index is 2.04. The maximum absolute atomic E-state index is 11.7. The molecule has 1 aromatic rings. The average Bonchev–Trinajstić information content (AvgIpc) is 2.85. The fourth-order valence-corrected chi connectivity index (χ4v) is 2.15. The van der Waals surface area contributed by atoms with Crippen LogP contribution >= 0.6 is 15.9 Å². The third-order valence-corrected chi connectivity index (χ3v) is 3.45. The zero-order valence-corrected chi connectivity index (χ0v) is 10.7. The van der Waals surface area contributed by atoms with Crippen LogP contribution in [0.1, 0.15) is 6.42 Å². The zero-order chi connectivity index (χ0) is 11.5. The minimum atomic E-state index is -0.0465. The number of anilines is 1. The van der Waals surface area contributed by atoms with Gasteiger partial charge in [-0.1, -0.05) is 15.9 Å². The Bertz CT molecular complexity index is 380. The molecule has 1 atom stereocenters. The first-order valence-electron chi connectivity index (χ1n) is 5.19. The van der Waals surface area contributed by atoms with Gasteiger partial charge in [0.2, 0.25) is 5.91 Å². The van der Waals surface area contributed by atoms with E-state index in [1.165, 1.54) is 0 Å². The van der Waals surface area contributed by atoms with Crippen molar-refractivity contribution >= 4 is 27.5 Å². The SMILES string of the molecule is COCCn1cc(N2CCC(Br)C2=O)cn1. The van der Waals surface area contributed by atoms with Gasteiger partial charge in [0.1, 0.15) is 0 Å². The van der Waals surface area contributed by atoms with Crippen molar-refractivity contribution in [2.45, 2.75) is 17.8 Å². The third kappa shape index (κ3) is 2.27. The Morgan fingerprint density at radius 1 is 1.69 bits per heavy atom. The average molecular weight is 288 g/mol. The molecule has 0 spiro atoms. The molecule has 0 bridgehead atoms. The Morgan fingerprint density at radius 3 is 3.12 bits per heavy atom. The molecule has 0 radical (unpaired) electrons. The van der Waals surface area contributed by atoms with Crippen LogP contribution in [0.2, 0.25) is 0 Å². The summed E-state index contributed by atoms with van der Waals surface area (Å²) < 4.78 is 6.76. The van der Waals surface area contributed by atoms with Gasteiger partial charge in [-0.15, -0.1) is 0 Å². The second kappa shape index (κ2) is 4.97. The maximum Gasteiger partial charge on any atom is 0.240 e. The number of halogens is 1. The van der Waals surface area contributed by atoms with Gasteiger partial charge in [0.15, 0.2) is 0 Å². The fourth-order valence-electron chi connectivity index (χ4n) is 1.70. The van der Waals surface area contributed by atoms with Crippen LogP contribution < -0.4 is 4.90 Å². The van der Waals surface area contributed by atoms with E-state index in [4.69, 9.17) is 4.74 Å². The summed E-state index contributed by atoms with van der Waals surface area (Å²) in [6.07, 6.45) is 4.45. The molecule has 5 nitrogen and oxygen atoms in total. The highest BCUT2D eigenvalue weighted by Crippen LogP contribution is 2.24. The van der Waals surface area contributed by atoms with E-state index in [0.717, 1.165) is 18.7 Å². The lowest BCUT2D eigenvalue weighted by atomic mass is 10.4. The normalized spacial score (nSPS) is 20.8. The molecule has 0 N–H and O–H groups in total. The Kier molecular flexibility index (Phi) is 3.60. The van der Waals surface area contributed by atoms with E-state index in [-0.39, 0.29) is 10.7 Å². The number of methoxy groups -OCH3 is 1. The number of rotatable bonds is 4. The van der Waals surface area contributed by atoms with E-state index >= 15 is 0 Å². The van der Waals surface area contributed by atoms with Crippen LogP contribution in [0.4, 0.5) is 5.69 Å². The van der Waals surface area contributed by atoms with Crippen LogP contribution in [-0.2, 0) is 16.1 Å². The van der Waals surface area contributed by atoms with Gasteiger partial charge in [-0.25, -0.2) is 0 Å². The summed E-state index contributed by atoms with van der Waals surface area (Å²) in [7, 11) is 1.66. The second-order valence-electron chi connectivity index (χ2n) is 3.70. The minimum Gasteiger partial charge on any atom is -0.383 e. The summed E-state index contributed by atoms with van der Waals surface area (Å²) in [5.74, 6) is 0.117. The van der Waals surface area contributed by atoms with Crippen LogP contribution in [0.3, 0.4) is 0 Å². The lowest BCUT2D eigenvalue weighted by Crippen LogP contribution is -2.26. The van der Waals surface area contributed by atoms with Crippen molar-refractivity contribution in [2.75, 3.05) is 25.2 Å². The van der Waals surface area contributed by atoms with Gasteiger partial charge in [0, 0.05) is 19.9 Å². The predicted molar refractivity (Wildman–Crippen MR) is 63.8 cm³/mol. The number of alkyl halides is 1. The molecule has 6 heteroatoms. The van der Waals surface area contributed by atoms with Gasteiger partial charge < -0.3 is 9.64 Å². The lowest BCUT2D eigenvalue weighted by molar-refractivity contribution is -0.116. The highest BCUT2D eigenvalue weighted by molar-refractivity contribution is 9.10. The Labute approximate surface area is 102 Å². The number of carbonyl (C=O) groups excluding carboxylic acids is 1. The van der Waals surface area contributed by atoms with Gasteiger partial charge in [0.05, 0.1) is 29.9 Å². The van der Waals surface area contributed by atoms with Crippen LogP contribution in [0.15, 0.2) is 12.4 Å². The molecule has 1 aliphatic heterocycles. The quantitative estimate of drug-likeness (QED) is 0.777. The standard InChI is InChI=1S/C10H14BrN3O2/c1-16-5-4-13-7-8(6-12-13)14-3-2-9(11)10(14)15/h6-7,9H,2-5H2,1H3. The Morgan fingerprint density at radius 2 is 2.50 bits per heavy atom. The van der Waals surface area contributed by atoms with Crippen molar-refractivity contribution in [3.63, 3.8) is 0 Å². The van der Waals surface area contributed by atoms with Gasteiger partial charge in [-0.3, -0.25) is 9.48 Å². The van der Waals surface area contributed by atoms with Gasteiger partial charge in [-0.2, -0.15) is 5.10 Å². The third-order valence-electron chi connectivity index (χ3n) is 2.60. The van der Waals surface area contributed by atoms with Crippen LogP contribution in [-0.4, -0.2) is 40.8 Å². The molecule has 16 heavy (non-hydrogen) atoms. The summed E-state index contributed by atoms with van der Waals surface area (Å²) in [5.41, 5.74) is 0.864. The van der Waals surface area contributed by atoms with Gasteiger partial charge in [-0.05, 0) is 6.42 Å². The first-order chi connectivity index (χ1) is 7.72. The van der Waals surface area contributed by atoms with E-state index in [1.54, 1.807) is 22.9 Å². The van der Waals surface area contributed by atoms with Crippen molar-refractivity contribution in [2.24, 2.45) is 0 Å². The number of hydrogen-bond acceptors (Lipinski definition) is 3. The topological polar surface area (TPSA) is 47.4 Å². The van der Waals surface area contributed by atoms with Gasteiger partial charge >= 0.3 is 0 Å². The molecule has 2 heterocycles. The van der Waals surface area contributed by atoms with Crippen LogP contribution in [0.5, 0.6) is 0 Å². The molecule has 0 saturated carbocycles. The molecule has 1 saturated heterocycles. The smallest absolute Gasteiger partial charge is 0.240 e. The summed E-state index contributed by atoms with van der Waals surface area (Å²) in [4.78, 5) is 13.5. The Hall–Kier alpha value is -0.880. The van der Waals surface area contributed by atoms with E-state index in [0.29, 0.717) is 13.2 Å². The van der Waals surface area contributed by atoms with E-state index in [9.17, 15) is 4.79 Å². The van der Waals surface area contributed by atoms with Crippen molar-refractivity contribution in [1.82, 2.24) is 9.78 Å². The summed E-state index contributed by atoms with van der Waals surface area (Å²) in [5, 5.41) is 4.19. The molecule has 0 aliphatic carbocycles. The minimum absolute atomic E-state index is 0.0465. The van der Waals surface area contributed by atoms with Crippen LogP contribution in [0, 0.1) is 0 Å². The maximum atomic E-state index is 11.7. The summed E-state index contributed by atoms with van der Waals surface area (Å²) >= 11 is 3.35. The second-order valence-corrected chi connectivity index (χ2v) is 4.81. The predicted octanol–water partition coefficient (Wildman–Crippen LogP) is 1.03. The number of carbonyl (C=O) groups is 1. The van der Waals surface area contributed by atoms with Crippen molar-refractivity contribution < 1.29 is 9.53 Å². The highest BCUT2D eigenvalue weighted by atomic mass is 79.9. The number of hydrogen-bond donors (Lipinski definition) is 0. The summed E-state index contributed by atoms with van der Waals surface area (Å²) in [6, 6.07) is 0. The summed E-state index contributed by atoms with van der Waals surface area (Å²) in [6.45, 7) is 2.08. The van der Waals surface area contributed by atoms with Gasteiger partial charge in [0.25, 0.3) is 0 Å². The first kappa shape index (κ1) is 11.6. The molecular formula is C10H14BrN3O2. The van der Waals surface area contributed by atoms with E-state index in [1.807, 2.05) is 6.20 Å². The number of ether oxygens (including phenoxy) is 1. The van der Waals surface area contributed by atoms with Crippen LogP contribution in [0.25, 0.3) is 0 Å². The molecular weight excluding hydrogens is 274 g/mol. The lowest BCUT2D eigenvalue weighted by Gasteiger charge is -2.12. The van der Waals surface area contributed by atoms with Crippen molar-refractivity contribution in [3.05, 3.63) is 12.4 Å². The molecule has 0 aromatic carbocycles.